The summed E-state index contributed by atoms with van der Waals surface area (Å²) in [6, 6.07) is 14.7. The predicted molar refractivity (Wildman–Crippen MR) is 99.4 cm³/mol. The molecule has 0 saturated carbocycles. The molecule has 132 valence electrons. The van der Waals surface area contributed by atoms with Gasteiger partial charge in [0.05, 0.1) is 30.6 Å². The molecule has 0 fully saturated rings. The largest absolute Gasteiger partial charge is 0.465 e. The Hall–Kier alpha value is -3.48. The highest BCUT2D eigenvalue weighted by atomic mass is 16.5. The predicted octanol–water partition coefficient (Wildman–Crippen LogP) is 3.32. The van der Waals surface area contributed by atoms with E-state index in [0.29, 0.717) is 29.6 Å². The molecule has 2 N–H and O–H groups in total. The first kappa shape index (κ1) is 17.3. The molecule has 0 aliphatic rings. The van der Waals surface area contributed by atoms with Crippen LogP contribution in [0.3, 0.4) is 0 Å². The van der Waals surface area contributed by atoms with Gasteiger partial charge in [-0.25, -0.2) is 9.78 Å². The number of esters is 1. The van der Waals surface area contributed by atoms with Crippen molar-refractivity contribution in [2.45, 2.75) is 13.5 Å². The van der Waals surface area contributed by atoms with E-state index in [4.69, 9.17) is 4.74 Å². The van der Waals surface area contributed by atoms with Crippen molar-refractivity contribution in [3.05, 3.63) is 71.7 Å². The number of anilines is 3. The third-order valence-corrected chi connectivity index (χ3v) is 3.61. The number of para-hydroxylation sites is 1. The second-order valence-corrected chi connectivity index (χ2v) is 5.55. The number of nitrogens with zero attached hydrogens (tertiary/aromatic N) is 3. The summed E-state index contributed by atoms with van der Waals surface area (Å²) in [4.78, 5) is 25.0. The average Bonchev–Trinajstić information content (AvgIpc) is 2.66. The number of hydrogen-bond donors (Lipinski definition) is 2. The van der Waals surface area contributed by atoms with Gasteiger partial charge in [-0.3, -0.25) is 4.98 Å². The summed E-state index contributed by atoms with van der Waals surface area (Å²) in [5, 5.41) is 6.32. The van der Waals surface area contributed by atoms with Gasteiger partial charge in [-0.05, 0) is 31.2 Å². The lowest BCUT2D eigenvalue weighted by Gasteiger charge is -2.12. The molecular weight excluding hydrogens is 330 g/mol. The Labute approximate surface area is 151 Å². The minimum Gasteiger partial charge on any atom is -0.465 e. The van der Waals surface area contributed by atoms with Gasteiger partial charge in [-0.15, -0.1) is 0 Å². The molecule has 7 nitrogen and oxygen atoms in total. The number of aromatic nitrogens is 3. The van der Waals surface area contributed by atoms with E-state index < -0.39 is 5.97 Å². The SMILES string of the molecule is COC(=O)c1ccccc1Nc1nc(C)cc(NCc2ccccn2)n1. The second kappa shape index (κ2) is 8.06. The van der Waals surface area contributed by atoms with E-state index >= 15 is 0 Å². The van der Waals surface area contributed by atoms with E-state index in [9.17, 15) is 4.79 Å². The highest BCUT2D eigenvalue weighted by molar-refractivity contribution is 5.96. The van der Waals surface area contributed by atoms with Crippen LogP contribution in [0, 0.1) is 6.92 Å². The maximum absolute atomic E-state index is 11.9. The maximum atomic E-state index is 11.9. The fourth-order valence-electron chi connectivity index (χ4n) is 2.40. The van der Waals surface area contributed by atoms with Crippen LogP contribution in [0.25, 0.3) is 0 Å². The molecule has 2 aromatic heterocycles. The first-order valence-electron chi connectivity index (χ1n) is 8.09. The van der Waals surface area contributed by atoms with Crippen molar-refractivity contribution in [3.63, 3.8) is 0 Å². The zero-order chi connectivity index (χ0) is 18.4. The normalized spacial score (nSPS) is 10.2. The fourth-order valence-corrected chi connectivity index (χ4v) is 2.40. The molecule has 0 radical (unpaired) electrons. The summed E-state index contributed by atoms with van der Waals surface area (Å²) in [6.45, 7) is 2.43. The molecule has 0 atom stereocenters. The number of pyridine rings is 1. The van der Waals surface area contributed by atoms with Gasteiger partial charge in [0.1, 0.15) is 5.82 Å². The zero-order valence-electron chi connectivity index (χ0n) is 14.6. The molecule has 0 unspecified atom stereocenters. The van der Waals surface area contributed by atoms with Crippen LogP contribution in [0.15, 0.2) is 54.7 Å². The molecule has 0 aliphatic carbocycles. The molecule has 0 bridgehead atoms. The Morgan fingerprint density at radius 3 is 2.69 bits per heavy atom. The standard InChI is InChI=1S/C19H19N5O2/c1-13-11-17(21-12-14-7-5-6-10-20-14)24-19(22-13)23-16-9-4-3-8-15(16)18(25)26-2/h3-11H,12H2,1-2H3,(H2,21,22,23,24). The van der Waals surface area contributed by atoms with Gasteiger partial charge in [0.2, 0.25) is 5.95 Å². The lowest BCUT2D eigenvalue weighted by molar-refractivity contribution is 0.0602. The minimum atomic E-state index is -0.422. The summed E-state index contributed by atoms with van der Waals surface area (Å²) in [5.41, 5.74) is 2.71. The van der Waals surface area contributed by atoms with Crippen molar-refractivity contribution in [1.82, 2.24) is 15.0 Å². The van der Waals surface area contributed by atoms with E-state index in [-0.39, 0.29) is 0 Å². The van der Waals surface area contributed by atoms with Crippen molar-refractivity contribution in [2.24, 2.45) is 0 Å². The first-order valence-corrected chi connectivity index (χ1v) is 8.09. The highest BCUT2D eigenvalue weighted by Crippen LogP contribution is 2.21. The number of aryl methyl sites for hydroxylation is 1. The van der Waals surface area contributed by atoms with Gasteiger partial charge < -0.3 is 15.4 Å². The third-order valence-electron chi connectivity index (χ3n) is 3.61. The Kier molecular flexibility index (Phi) is 5.38. The molecule has 0 spiro atoms. The first-order chi connectivity index (χ1) is 12.7. The van der Waals surface area contributed by atoms with Crippen molar-refractivity contribution in [1.29, 1.82) is 0 Å². The van der Waals surface area contributed by atoms with Crippen LogP contribution >= 0.6 is 0 Å². The Bertz CT molecular complexity index is 899. The number of ether oxygens (including phenoxy) is 1. The van der Waals surface area contributed by atoms with Crippen LogP contribution in [0.1, 0.15) is 21.7 Å². The molecule has 1 aromatic carbocycles. The van der Waals surface area contributed by atoms with Crippen molar-refractivity contribution < 1.29 is 9.53 Å². The Morgan fingerprint density at radius 2 is 1.92 bits per heavy atom. The maximum Gasteiger partial charge on any atom is 0.339 e. The third kappa shape index (κ3) is 4.32. The minimum absolute atomic E-state index is 0.393. The van der Waals surface area contributed by atoms with Gasteiger partial charge in [0.25, 0.3) is 0 Å². The van der Waals surface area contributed by atoms with Crippen LogP contribution in [0.4, 0.5) is 17.5 Å². The van der Waals surface area contributed by atoms with Crippen molar-refractivity contribution >= 4 is 23.4 Å². The van der Waals surface area contributed by atoms with E-state index in [1.807, 2.05) is 37.3 Å². The van der Waals surface area contributed by atoms with Crippen LogP contribution in [-0.4, -0.2) is 28.0 Å². The number of benzene rings is 1. The lowest BCUT2D eigenvalue weighted by atomic mass is 10.2. The lowest BCUT2D eigenvalue weighted by Crippen LogP contribution is -2.09. The summed E-state index contributed by atoms with van der Waals surface area (Å²) >= 11 is 0. The molecule has 26 heavy (non-hydrogen) atoms. The molecular formula is C19H19N5O2. The van der Waals surface area contributed by atoms with Gasteiger partial charge in [0.15, 0.2) is 0 Å². The highest BCUT2D eigenvalue weighted by Gasteiger charge is 2.12. The molecule has 0 saturated heterocycles. The quantitative estimate of drug-likeness (QED) is 0.660. The molecule has 3 aromatic rings. The van der Waals surface area contributed by atoms with Crippen molar-refractivity contribution in [2.75, 3.05) is 17.7 Å². The Morgan fingerprint density at radius 1 is 1.12 bits per heavy atom. The number of carbonyl (C=O) groups is 1. The van der Waals surface area contributed by atoms with Gasteiger partial charge in [-0.1, -0.05) is 18.2 Å². The van der Waals surface area contributed by atoms with Crippen molar-refractivity contribution in [3.8, 4) is 0 Å². The summed E-state index contributed by atoms with van der Waals surface area (Å²) < 4.78 is 4.81. The van der Waals surface area contributed by atoms with E-state index in [1.54, 1.807) is 24.4 Å². The monoisotopic (exact) mass is 349 g/mol. The summed E-state index contributed by atoms with van der Waals surface area (Å²) in [6.07, 6.45) is 1.75. The Balaban J connectivity index is 1.79. The van der Waals surface area contributed by atoms with E-state index in [1.165, 1.54) is 7.11 Å². The molecule has 7 heteroatoms. The summed E-state index contributed by atoms with van der Waals surface area (Å²) in [7, 11) is 1.35. The molecule has 3 rings (SSSR count). The number of carbonyl (C=O) groups excluding carboxylic acids is 1. The van der Waals surface area contributed by atoms with E-state index in [0.717, 1.165) is 11.4 Å². The molecule has 0 amide bonds. The van der Waals surface area contributed by atoms with Gasteiger partial charge >= 0.3 is 5.97 Å². The van der Waals surface area contributed by atoms with E-state index in [2.05, 4.69) is 25.6 Å². The number of methoxy groups -OCH3 is 1. The smallest absolute Gasteiger partial charge is 0.339 e. The zero-order valence-corrected chi connectivity index (χ0v) is 14.6. The van der Waals surface area contributed by atoms with Crippen LogP contribution < -0.4 is 10.6 Å². The van der Waals surface area contributed by atoms with Crippen LogP contribution in [0.2, 0.25) is 0 Å². The fraction of sp³-hybridized carbons (Fsp3) is 0.158. The molecule has 0 aliphatic heterocycles. The second-order valence-electron chi connectivity index (χ2n) is 5.55. The topological polar surface area (TPSA) is 89.0 Å². The summed E-state index contributed by atoms with van der Waals surface area (Å²) in [5.74, 6) is 0.639. The van der Waals surface area contributed by atoms with Crippen LogP contribution in [-0.2, 0) is 11.3 Å². The van der Waals surface area contributed by atoms with Gasteiger partial charge in [-0.2, -0.15) is 4.98 Å². The average molecular weight is 349 g/mol. The number of rotatable bonds is 6. The van der Waals surface area contributed by atoms with Crippen LogP contribution in [0.5, 0.6) is 0 Å². The number of hydrogen-bond acceptors (Lipinski definition) is 7. The number of nitrogens with one attached hydrogen (secondary N) is 2. The van der Waals surface area contributed by atoms with Gasteiger partial charge in [0, 0.05) is 18.0 Å². The molecule has 2 heterocycles.